The first-order valence-electron chi connectivity index (χ1n) is 4.86. The van der Waals surface area contributed by atoms with E-state index in [1.165, 1.54) is 0 Å². The van der Waals surface area contributed by atoms with Crippen molar-refractivity contribution in [3.05, 3.63) is 28.7 Å². The van der Waals surface area contributed by atoms with E-state index >= 15 is 0 Å². The molecule has 4 nitrogen and oxygen atoms in total. The normalized spacial score (nSPS) is 11.4. The number of halogens is 2. The second kappa shape index (κ2) is 7.20. The number of hydrogen-bond acceptors (Lipinski definition) is 4. The molecule has 0 atom stereocenters. The molecule has 0 radical (unpaired) electrons. The Morgan fingerprint density at radius 3 is 2.65 bits per heavy atom. The molecule has 0 unspecified atom stereocenters. The Bertz CT molecular complexity index is 449. The second-order valence-corrected chi connectivity index (χ2v) is 6.97. The summed E-state index contributed by atoms with van der Waals surface area (Å²) in [7, 11) is 1.55. The maximum Gasteiger partial charge on any atom is 0.234 e. The fourth-order valence-electron chi connectivity index (χ4n) is 1.04. The summed E-state index contributed by atoms with van der Waals surface area (Å²) >= 11 is 3.33. The Balaban J connectivity index is 2.13. The van der Waals surface area contributed by atoms with Gasteiger partial charge in [-0.1, -0.05) is 22.0 Å². The summed E-state index contributed by atoms with van der Waals surface area (Å²) < 4.78 is 32.5. The molecule has 0 fully saturated rings. The number of rotatable bonds is 7. The Kier molecular flexibility index (Phi) is 6.26. The molecule has 0 saturated heterocycles. The molecule has 1 aromatic rings. The fraction of sp³-hybridized carbons (Fsp3) is 0.400. The smallest absolute Gasteiger partial charge is 0.234 e. The van der Waals surface area contributed by atoms with Gasteiger partial charge in [0.2, 0.25) is 9.05 Å². The highest BCUT2D eigenvalue weighted by Gasteiger charge is 2.04. The minimum atomic E-state index is -3.47. The van der Waals surface area contributed by atoms with Crippen LogP contribution in [-0.2, 0) is 13.8 Å². The summed E-state index contributed by atoms with van der Waals surface area (Å²) in [6, 6.07) is 7.42. The first kappa shape index (κ1) is 14.8. The summed E-state index contributed by atoms with van der Waals surface area (Å²) in [5, 5.41) is 0. The Hall–Kier alpha value is -0.300. The van der Waals surface area contributed by atoms with E-state index < -0.39 is 9.05 Å². The van der Waals surface area contributed by atoms with Gasteiger partial charge in [-0.15, -0.1) is 0 Å². The Morgan fingerprint density at radius 1 is 1.24 bits per heavy atom. The molecule has 0 saturated carbocycles. The third kappa shape index (κ3) is 7.59. The van der Waals surface area contributed by atoms with Crippen LogP contribution in [0.25, 0.3) is 0 Å². The van der Waals surface area contributed by atoms with Crippen molar-refractivity contribution >= 4 is 35.7 Å². The molecule has 96 valence electrons. The van der Waals surface area contributed by atoms with E-state index in [4.69, 9.17) is 20.2 Å². The minimum Gasteiger partial charge on any atom is -0.491 e. The molecular formula is C10H12BrClO4S. The zero-order valence-corrected chi connectivity index (χ0v) is 12.1. The van der Waals surface area contributed by atoms with Gasteiger partial charge in [-0.25, -0.2) is 8.42 Å². The van der Waals surface area contributed by atoms with Crippen molar-refractivity contribution < 1.29 is 17.9 Å². The van der Waals surface area contributed by atoms with Crippen LogP contribution in [0.15, 0.2) is 28.7 Å². The standard InChI is InChI=1S/C10H12BrClO4S/c11-9-2-1-3-10(8-9)16-5-4-15-6-7-17(12,13)14/h1-3,8H,4-7H2. The molecule has 17 heavy (non-hydrogen) atoms. The molecule has 0 heterocycles. The maximum absolute atomic E-state index is 10.6. The van der Waals surface area contributed by atoms with E-state index in [0.717, 1.165) is 10.2 Å². The topological polar surface area (TPSA) is 52.6 Å². The quantitative estimate of drug-likeness (QED) is 0.563. The van der Waals surface area contributed by atoms with E-state index in [2.05, 4.69) is 15.9 Å². The molecule has 1 aromatic carbocycles. The second-order valence-electron chi connectivity index (χ2n) is 3.16. The monoisotopic (exact) mass is 342 g/mol. The van der Waals surface area contributed by atoms with E-state index in [1.807, 2.05) is 24.3 Å². The highest BCUT2D eigenvalue weighted by molar-refractivity contribution is 9.10. The van der Waals surface area contributed by atoms with Gasteiger partial charge in [-0.2, -0.15) is 0 Å². The Morgan fingerprint density at radius 2 is 2.00 bits per heavy atom. The van der Waals surface area contributed by atoms with Gasteiger partial charge in [0.1, 0.15) is 12.4 Å². The molecule has 1 rings (SSSR count). The number of benzene rings is 1. The van der Waals surface area contributed by atoms with Gasteiger partial charge in [-0.05, 0) is 18.2 Å². The van der Waals surface area contributed by atoms with Gasteiger partial charge in [0, 0.05) is 15.2 Å². The molecule has 0 aliphatic rings. The summed E-state index contributed by atoms with van der Waals surface area (Å²) in [5.41, 5.74) is 0. The predicted octanol–water partition coefficient (Wildman–Crippen LogP) is 2.41. The first-order valence-corrected chi connectivity index (χ1v) is 8.13. The molecular weight excluding hydrogens is 332 g/mol. The molecule has 0 aliphatic carbocycles. The SMILES string of the molecule is O=S(=O)(Cl)CCOCCOc1cccc(Br)c1. The van der Waals surface area contributed by atoms with Gasteiger partial charge in [-0.3, -0.25) is 0 Å². The molecule has 0 aliphatic heterocycles. The first-order chi connectivity index (χ1) is 7.97. The largest absolute Gasteiger partial charge is 0.491 e. The molecule has 0 spiro atoms. The lowest BCUT2D eigenvalue weighted by atomic mass is 10.3. The van der Waals surface area contributed by atoms with Crippen molar-refractivity contribution in [3.8, 4) is 5.75 Å². The van der Waals surface area contributed by atoms with E-state index in [-0.39, 0.29) is 12.4 Å². The highest BCUT2D eigenvalue weighted by atomic mass is 79.9. The molecule has 0 amide bonds. The Labute approximate surface area is 113 Å². The molecule has 0 N–H and O–H groups in total. The van der Waals surface area contributed by atoms with Crippen LogP contribution in [-0.4, -0.2) is 34.0 Å². The van der Waals surface area contributed by atoms with E-state index in [0.29, 0.717) is 13.2 Å². The van der Waals surface area contributed by atoms with Crippen molar-refractivity contribution in [2.24, 2.45) is 0 Å². The number of ether oxygens (including phenoxy) is 2. The molecule has 0 bridgehead atoms. The van der Waals surface area contributed by atoms with Crippen LogP contribution in [0.3, 0.4) is 0 Å². The maximum atomic E-state index is 10.6. The average molecular weight is 344 g/mol. The van der Waals surface area contributed by atoms with E-state index in [9.17, 15) is 8.42 Å². The zero-order chi connectivity index (χ0) is 12.7. The molecule has 0 aromatic heterocycles. The lowest BCUT2D eigenvalue weighted by molar-refractivity contribution is 0.111. The van der Waals surface area contributed by atoms with Crippen LogP contribution < -0.4 is 4.74 Å². The van der Waals surface area contributed by atoms with Gasteiger partial charge >= 0.3 is 0 Å². The summed E-state index contributed by atoms with van der Waals surface area (Å²) in [6.07, 6.45) is 0. The predicted molar refractivity (Wildman–Crippen MR) is 70.1 cm³/mol. The molecule has 7 heteroatoms. The fourth-order valence-corrected chi connectivity index (χ4v) is 1.92. The van der Waals surface area contributed by atoms with Crippen LogP contribution in [0.2, 0.25) is 0 Å². The van der Waals surface area contributed by atoms with Crippen LogP contribution in [0.5, 0.6) is 5.75 Å². The third-order valence-electron chi connectivity index (χ3n) is 1.76. The van der Waals surface area contributed by atoms with Crippen molar-refractivity contribution in [3.63, 3.8) is 0 Å². The van der Waals surface area contributed by atoms with Crippen molar-refractivity contribution in [1.29, 1.82) is 0 Å². The average Bonchev–Trinajstić information content (AvgIpc) is 2.22. The van der Waals surface area contributed by atoms with Crippen LogP contribution >= 0.6 is 26.6 Å². The lowest BCUT2D eigenvalue weighted by Crippen LogP contribution is -2.11. The third-order valence-corrected chi connectivity index (χ3v) is 3.37. The van der Waals surface area contributed by atoms with Crippen molar-refractivity contribution in [2.45, 2.75) is 0 Å². The van der Waals surface area contributed by atoms with Crippen molar-refractivity contribution in [1.82, 2.24) is 0 Å². The minimum absolute atomic E-state index is 0.0771. The van der Waals surface area contributed by atoms with Gasteiger partial charge in [0.25, 0.3) is 0 Å². The van der Waals surface area contributed by atoms with Crippen LogP contribution in [0, 0.1) is 0 Å². The van der Waals surface area contributed by atoms with Gasteiger partial charge in [0.05, 0.1) is 19.0 Å². The van der Waals surface area contributed by atoms with Crippen molar-refractivity contribution in [2.75, 3.05) is 25.6 Å². The summed E-state index contributed by atoms with van der Waals surface area (Å²) in [4.78, 5) is 0. The lowest BCUT2D eigenvalue weighted by Gasteiger charge is -2.06. The summed E-state index contributed by atoms with van der Waals surface area (Å²) in [5.74, 6) is 0.541. The zero-order valence-electron chi connectivity index (χ0n) is 8.93. The van der Waals surface area contributed by atoms with E-state index in [1.54, 1.807) is 0 Å². The van der Waals surface area contributed by atoms with Gasteiger partial charge < -0.3 is 9.47 Å². The highest BCUT2D eigenvalue weighted by Crippen LogP contribution is 2.17. The van der Waals surface area contributed by atoms with Crippen LogP contribution in [0.4, 0.5) is 0 Å². The van der Waals surface area contributed by atoms with Gasteiger partial charge in [0.15, 0.2) is 0 Å². The van der Waals surface area contributed by atoms with Crippen LogP contribution in [0.1, 0.15) is 0 Å². The summed E-state index contributed by atoms with van der Waals surface area (Å²) in [6.45, 7) is 0.755. The number of hydrogen-bond donors (Lipinski definition) is 0.